The molecule has 1 aromatic rings. The van der Waals surface area contributed by atoms with Gasteiger partial charge in [-0.25, -0.2) is 8.42 Å². The fraction of sp³-hybridized carbons (Fsp3) is 0.632. The van der Waals surface area contributed by atoms with Gasteiger partial charge in [-0.05, 0) is 32.5 Å². The molecule has 3 rings (SSSR count). The summed E-state index contributed by atoms with van der Waals surface area (Å²) < 4.78 is 38.3. The molecular formula is C19H29N3O5S. The van der Waals surface area contributed by atoms with E-state index in [4.69, 9.17) is 9.47 Å². The number of sulfonamides is 1. The van der Waals surface area contributed by atoms with Gasteiger partial charge in [0.15, 0.2) is 11.5 Å². The molecule has 2 heterocycles. The van der Waals surface area contributed by atoms with E-state index in [1.165, 1.54) is 10.4 Å². The highest BCUT2D eigenvalue weighted by atomic mass is 32.2. The van der Waals surface area contributed by atoms with Crippen molar-refractivity contribution in [3.63, 3.8) is 0 Å². The zero-order valence-corrected chi connectivity index (χ0v) is 17.6. The highest BCUT2D eigenvalue weighted by molar-refractivity contribution is 7.89. The molecule has 2 aliphatic heterocycles. The summed E-state index contributed by atoms with van der Waals surface area (Å²) in [4.78, 5) is 16.5. The molecule has 0 N–H and O–H groups in total. The molecule has 1 fully saturated rings. The number of piperazine rings is 1. The molecule has 2 aliphatic rings. The molecule has 1 amide bonds. The number of fused-ring (bicyclic) bond motifs is 1. The van der Waals surface area contributed by atoms with Crippen molar-refractivity contribution in [1.29, 1.82) is 0 Å². The molecule has 9 heteroatoms. The Kier molecular flexibility index (Phi) is 6.47. The standard InChI is InChI=1S/C19H29N3O5S/c1-4-15(2)20(3)14-19(23)21-7-9-22(10-8-21)28(24,25)16-5-6-17-18(13-16)27-12-11-26-17/h5-6,13,15H,4,7-12,14H2,1-3H3. The minimum atomic E-state index is -3.64. The highest BCUT2D eigenvalue weighted by Crippen LogP contribution is 2.33. The van der Waals surface area contributed by atoms with Crippen molar-refractivity contribution < 1.29 is 22.7 Å². The van der Waals surface area contributed by atoms with Gasteiger partial charge in [0.2, 0.25) is 15.9 Å². The van der Waals surface area contributed by atoms with Crippen LogP contribution in [0.3, 0.4) is 0 Å². The minimum Gasteiger partial charge on any atom is -0.486 e. The summed E-state index contributed by atoms with van der Waals surface area (Å²) in [5.41, 5.74) is 0. The van der Waals surface area contributed by atoms with Crippen LogP contribution < -0.4 is 9.47 Å². The third-order valence-electron chi connectivity index (χ3n) is 5.47. The highest BCUT2D eigenvalue weighted by Gasteiger charge is 2.31. The van der Waals surface area contributed by atoms with E-state index in [-0.39, 0.29) is 23.9 Å². The van der Waals surface area contributed by atoms with Crippen LogP contribution in [0.1, 0.15) is 20.3 Å². The van der Waals surface area contributed by atoms with Crippen LogP contribution in [-0.4, -0.2) is 87.5 Å². The smallest absolute Gasteiger partial charge is 0.243 e. The maximum Gasteiger partial charge on any atom is 0.243 e. The van der Waals surface area contributed by atoms with Crippen LogP contribution in [0.15, 0.2) is 23.1 Å². The Hall–Kier alpha value is -1.84. The molecule has 0 aliphatic carbocycles. The Bertz CT molecular complexity index is 806. The van der Waals surface area contributed by atoms with Crippen LogP contribution >= 0.6 is 0 Å². The van der Waals surface area contributed by atoms with Gasteiger partial charge in [0.25, 0.3) is 0 Å². The first kappa shape index (κ1) is 20.9. The lowest BCUT2D eigenvalue weighted by atomic mass is 10.2. The lowest BCUT2D eigenvalue weighted by Crippen LogP contribution is -2.52. The van der Waals surface area contributed by atoms with Gasteiger partial charge in [-0.1, -0.05) is 6.92 Å². The number of rotatable bonds is 6. The molecule has 1 aromatic carbocycles. The summed E-state index contributed by atoms with van der Waals surface area (Å²) in [7, 11) is -1.70. The SMILES string of the molecule is CCC(C)N(C)CC(=O)N1CCN(S(=O)(=O)c2ccc3c(c2)OCCO3)CC1. The van der Waals surface area contributed by atoms with Gasteiger partial charge in [0.05, 0.1) is 11.4 Å². The van der Waals surface area contributed by atoms with E-state index in [2.05, 4.69) is 13.8 Å². The predicted octanol–water partition coefficient (Wildman–Crippen LogP) is 1.02. The topological polar surface area (TPSA) is 79.4 Å². The fourth-order valence-corrected chi connectivity index (χ4v) is 4.73. The van der Waals surface area contributed by atoms with Crippen LogP contribution in [0, 0.1) is 0 Å². The summed E-state index contributed by atoms with van der Waals surface area (Å²) in [6, 6.07) is 5.02. The number of nitrogens with zero attached hydrogens (tertiary/aromatic N) is 3. The van der Waals surface area contributed by atoms with Crippen molar-refractivity contribution in [2.45, 2.75) is 31.2 Å². The second-order valence-corrected chi connectivity index (χ2v) is 9.20. The molecule has 0 spiro atoms. The average Bonchev–Trinajstić information content (AvgIpc) is 2.72. The van der Waals surface area contributed by atoms with Gasteiger partial charge in [-0.3, -0.25) is 9.69 Å². The lowest BCUT2D eigenvalue weighted by molar-refractivity contribution is -0.133. The maximum atomic E-state index is 13.0. The van der Waals surface area contributed by atoms with Gasteiger partial charge < -0.3 is 14.4 Å². The summed E-state index contributed by atoms with van der Waals surface area (Å²) in [6.07, 6.45) is 0.978. The van der Waals surface area contributed by atoms with E-state index in [0.29, 0.717) is 50.4 Å². The van der Waals surface area contributed by atoms with E-state index in [1.54, 1.807) is 17.0 Å². The quantitative estimate of drug-likeness (QED) is 0.696. The first-order chi connectivity index (χ1) is 13.3. The second-order valence-electron chi connectivity index (χ2n) is 7.26. The lowest BCUT2D eigenvalue weighted by Gasteiger charge is -2.35. The largest absolute Gasteiger partial charge is 0.486 e. The zero-order chi connectivity index (χ0) is 20.3. The number of carbonyl (C=O) groups excluding carboxylic acids is 1. The van der Waals surface area contributed by atoms with Gasteiger partial charge in [-0.2, -0.15) is 4.31 Å². The van der Waals surface area contributed by atoms with Crippen LogP contribution in [0.2, 0.25) is 0 Å². The maximum absolute atomic E-state index is 13.0. The van der Waals surface area contributed by atoms with E-state index < -0.39 is 10.0 Å². The Morgan fingerprint density at radius 1 is 1.14 bits per heavy atom. The van der Waals surface area contributed by atoms with Gasteiger partial charge >= 0.3 is 0 Å². The zero-order valence-electron chi connectivity index (χ0n) is 16.8. The predicted molar refractivity (Wildman–Crippen MR) is 105 cm³/mol. The number of carbonyl (C=O) groups is 1. The van der Waals surface area contributed by atoms with Gasteiger partial charge in [0, 0.05) is 38.3 Å². The van der Waals surface area contributed by atoms with Gasteiger partial charge in [0.1, 0.15) is 13.2 Å². The Labute approximate surface area is 167 Å². The van der Waals surface area contributed by atoms with Crippen molar-refractivity contribution in [2.75, 3.05) is 53.0 Å². The van der Waals surface area contributed by atoms with E-state index in [0.717, 1.165) is 6.42 Å². The van der Waals surface area contributed by atoms with E-state index >= 15 is 0 Å². The number of hydrogen-bond donors (Lipinski definition) is 0. The monoisotopic (exact) mass is 411 g/mol. The number of hydrogen-bond acceptors (Lipinski definition) is 6. The second kappa shape index (κ2) is 8.67. The molecule has 156 valence electrons. The Balaban J connectivity index is 1.61. The molecule has 0 radical (unpaired) electrons. The summed E-state index contributed by atoms with van der Waals surface area (Å²) in [5.74, 6) is 1.06. The first-order valence-corrected chi connectivity index (χ1v) is 11.1. The van der Waals surface area contributed by atoms with Crippen LogP contribution in [0.25, 0.3) is 0 Å². The molecule has 28 heavy (non-hydrogen) atoms. The Morgan fingerprint density at radius 3 is 2.43 bits per heavy atom. The molecule has 8 nitrogen and oxygen atoms in total. The number of benzene rings is 1. The third-order valence-corrected chi connectivity index (χ3v) is 7.37. The number of likely N-dealkylation sites (N-methyl/N-ethyl adjacent to an activating group) is 1. The average molecular weight is 412 g/mol. The van der Waals surface area contributed by atoms with Crippen molar-refractivity contribution in [2.24, 2.45) is 0 Å². The molecule has 0 bridgehead atoms. The molecule has 1 atom stereocenters. The minimum absolute atomic E-state index is 0.0409. The van der Waals surface area contributed by atoms with Crippen molar-refractivity contribution >= 4 is 15.9 Å². The van der Waals surface area contributed by atoms with Gasteiger partial charge in [-0.15, -0.1) is 0 Å². The summed E-state index contributed by atoms with van der Waals surface area (Å²) in [5, 5.41) is 0. The van der Waals surface area contributed by atoms with Crippen LogP contribution in [0.4, 0.5) is 0 Å². The summed E-state index contributed by atoms with van der Waals surface area (Å²) >= 11 is 0. The van der Waals surface area contributed by atoms with Crippen molar-refractivity contribution in [3.05, 3.63) is 18.2 Å². The number of amides is 1. The van der Waals surface area contributed by atoms with Crippen molar-refractivity contribution in [1.82, 2.24) is 14.1 Å². The van der Waals surface area contributed by atoms with Crippen LogP contribution in [0.5, 0.6) is 11.5 Å². The molecule has 1 unspecified atom stereocenters. The first-order valence-electron chi connectivity index (χ1n) is 9.70. The normalized spacial score (nSPS) is 18.9. The fourth-order valence-electron chi connectivity index (χ4n) is 3.29. The van der Waals surface area contributed by atoms with Crippen LogP contribution in [-0.2, 0) is 14.8 Å². The molecular weight excluding hydrogens is 382 g/mol. The van der Waals surface area contributed by atoms with Crippen molar-refractivity contribution in [3.8, 4) is 11.5 Å². The van der Waals surface area contributed by atoms with E-state index in [9.17, 15) is 13.2 Å². The third kappa shape index (κ3) is 4.42. The molecule has 1 saturated heterocycles. The van der Waals surface area contributed by atoms with E-state index in [1.807, 2.05) is 11.9 Å². The Morgan fingerprint density at radius 2 is 1.79 bits per heavy atom. The molecule has 0 saturated carbocycles. The number of ether oxygens (including phenoxy) is 2. The summed E-state index contributed by atoms with van der Waals surface area (Å²) in [6.45, 7) is 6.77. The molecule has 0 aromatic heterocycles.